The van der Waals surface area contributed by atoms with Crippen LogP contribution in [0.2, 0.25) is 0 Å². The molecule has 0 aliphatic heterocycles. The lowest BCUT2D eigenvalue weighted by atomic mass is 9.96. The summed E-state index contributed by atoms with van der Waals surface area (Å²) in [5.41, 5.74) is 3.74. The van der Waals surface area contributed by atoms with Crippen LogP contribution in [0, 0.1) is 13.8 Å². The molecule has 0 saturated carbocycles. The van der Waals surface area contributed by atoms with Crippen LogP contribution < -0.4 is 0 Å². The summed E-state index contributed by atoms with van der Waals surface area (Å²) in [5.74, 6) is -1.42. The summed E-state index contributed by atoms with van der Waals surface area (Å²) in [4.78, 5) is 25.3. The Bertz CT molecular complexity index is 800. The lowest BCUT2D eigenvalue weighted by Crippen LogP contribution is -2.17. The van der Waals surface area contributed by atoms with Gasteiger partial charge in [-0.3, -0.25) is 0 Å². The third-order valence-electron chi connectivity index (χ3n) is 5.37. The Hall–Kier alpha value is -2.50. The molecular weight excluding hydrogens is 368 g/mol. The van der Waals surface area contributed by atoms with Crippen molar-refractivity contribution in [2.45, 2.75) is 65.6 Å². The molecule has 29 heavy (non-hydrogen) atoms. The first-order valence-corrected chi connectivity index (χ1v) is 10.1. The second-order valence-electron chi connectivity index (χ2n) is 7.39. The molecule has 5 heteroatoms. The highest BCUT2D eigenvalue weighted by Gasteiger charge is 2.21. The van der Waals surface area contributed by atoms with Crippen LogP contribution in [-0.2, 0) is 17.6 Å². The zero-order chi connectivity index (χ0) is 21.6. The number of aliphatic hydroxyl groups is 2. The van der Waals surface area contributed by atoms with Gasteiger partial charge in [0.2, 0.25) is 0 Å². The van der Waals surface area contributed by atoms with Crippen LogP contribution in [0.15, 0.2) is 36.4 Å². The van der Waals surface area contributed by atoms with E-state index in [1.54, 1.807) is 38.1 Å². The molecule has 5 nitrogen and oxygen atoms in total. The molecule has 0 radical (unpaired) electrons. The summed E-state index contributed by atoms with van der Waals surface area (Å²) in [6.45, 7) is 7.37. The molecule has 0 aromatic heterocycles. The third-order valence-corrected chi connectivity index (χ3v) is 5.37. The van der Waals surface area contributed by atoms with Crippen molar-refractivity contribution in [1.82, 2.24) is 0 Å². The topological polar surface area (TPSA) is 83.8 Å². The molecule has 0 aliphatic rings. The number of aliphatic hydroxyl groups excluding tert-OH is 2. The molecular formula is C24H30O5. The van der Waals surface area contributed by atoms with E-state index >= 15 is 0 Å². The maximum Gasteiger partial charge on any atom is 0.346 e. The quantitative estimate of drug-likeness (QED) is 0.520. The Balaban J connectivity index is 2.21. The highest BCUT2D eigenvalue weighted by atomic mass is 16.6. The minimum atomic E-state index is -0.710. The standard InChI is InChI=1S/C24H30O5/c1-5-19(25)13-17-9-7-11-21(15(17)3)23(27)29-24(28)22-12-8-10-18(16(22)4)14-20(26)6-2/h7-12,19-20,25-26H,5-6,13-14H2,1-4H3. The molecule has 0 saturated heterocycles. The normalized spacial score (nSPS) is 13.0. The second kappa shape index (κ2) is 10.3. The zero-order valence-corrected chi connectivity index (χ0v) is 17.6. The molecule has 0 fully saturated rings. The molecule has 2 atom stereocenters. The summed E-state index contributed by atoms with van der Waals surface area (Å²) in [6.07, 6.45) is 1.16. The van der Waals surface area contributed by atoms with E-state index in [2.05, 4.69) is 0 Å². The third kappa shape index (κ3) is 5.75. The number of hydrogen-bond acceptors (Lipinski definition) is 5. The van der Waals surface area contributed by atoms with Gasteiger partial charge in [0.15, 0.2) is 0 Å². The van der Waals surface area contributed by atoms with E-state index in [1.165, 1.54) is 0 Å². The Labute approximate surface area is 172 Å². The molecule has 0 spiro atoms. The largest absolute Gasteiger partial charge is 0.393 e. The first-order valence-electron chi connectivity index (χ1n) is 10.1. The lowest BCUT2D eigenvalue weighted by molar-refractivity contribution is 0.0396. The van der Waals surface area contributed by atoms with Crippen molar-refractivity contribution < 1.29 is 24.5 Å². The smallest absolute Gasteiger partial charge is 0.346 e. The Morgan fingerprint density at radius 1 is 0.793 bits per heavy atom. The van der Waals surface area contributed by atoms with Crippen LogP contribution in [0.25, 0.3) is 0 Å². The van der Waals surface area contributed by atoms with E-state index in [1.807, 2.05) is 26.0 Å². The fourth-order valence-electron chi connectivity index (χ4n) is 3.24. The van der Waals surface area contributed by atoms with Crippen LogP contribution in [0.3, 0.4) is 0 Å². The van der Waals surface area contributed by atoms with E-state index in [-0.39, 0.29) is 0 Å². The van der Waals surface area contributed by atoms with Gasteiger partial charge in [0, 0.05) is 0 Å². The molecule has 0 bridgehead atoms. The highest BCUT2D eigenvalue weighted by Crippen LogP contribution is 2.20. The van der Waals surface area contributed by atoms with Gasteiger partial charge >= 0.3 is 11.9 Å². The van der Waals surface area contributed by atoms with Gasteiger partial charge in [-0.05, 0) is 73.9 Å². The van der Waals surface area contributed by atoms with Crippen LogP contribution in [0.5, 0.6) is 0 Å². The number of carbonyl (C=O) groups excluding carboxylic acids is 2. The van der Waals surface area contributed by atoms with Gasteiger partial charge in [0.05, 0.1) is 23.3 Å². The Morgan fingerprint density at radius 3 is 1.52 bits per heavy atom. The fourth-order valence-corrected chi connectivity index (χ4v) is 3.24. The Morgan fingerprint density at radius 2 is 1.17 bits per heavy atom. The van der Waals surface area contributed by atoms with Gasteiger partial charge < -0.3 is 14.9 Å². The first-order chi connectivity index (χ1) is 13.8. The van der Waals surface area contributed by atoms with Crippen LogP contribution in [-0.4, -0.2) is 34.4 Å². The predicted molar refractivity (Wildman–Crippen MR) is 112 cm³/mol. The molecule has 156 valence electrons. The maximum absolute atomic E-state index is 12.6. The van der Waals surface area contributed by atoms with Gasteiger partial charge in [-0.2, -0.15) is 0 Å². The molecule has 0 heterocycles. The predicted octanol–water partition coefficient (Wildman–Crippen LogP) is 3.93. The van der Waals surface area contributed by atoms with E-state index in [0.29, 0.717) is 47.9 Å². The summed E-state index contributed by atoms with van der Waals surface area (Å²) in [7, 11) is 0. The van der Waals surface area contributed by atoms with E-state index in [4.69, 9.17) is 4.74 Å². The number of esters is 2. The summed E-state index contributed by atoms with van der Waals surface area (Å²) in [5, 5.41) is 19.8. The number of carbonyl (C=O) groups is 2. The van der Waals surface area contributed by atoms with Crippen molar-refractivity contribution in [2.75, 3.05) is 0 Å². The van der Waals surface area contributed by atoms with Gasteiger partial charge in [-0.25, -0.2) is 9.59 Å². The summed E-state index contributed by atoms with van der Waals surface area (Å²) in [6, 6.07) is 10.4. The van der Waals surface area contributed by atoms with Crippen molar-refractivity contribution >= 4 is 11.9 Å². The van der Waals surface area contributed by atoms with Crippen molar-refractivity contribution in [1.29, 1.82) is 0 Å². The Kier molecular flexibility index (Phi) is 8.11. The molecule has 2 aromatic carbocycles. The summed E-state index contributed by atoms with van der Waals surface area (Å²) >= 11 is 0. The van der Waals surface area contributed by atoms with Crippen molar-refractivity contribution in [2.24, 2.45) is 0 Å². The van der Waals surface area contributed by atoms with E-state index in [9.17, 15) is 19.8 Å². The van der Waals surface area contributed by atoms with Crippen molar-refractivity contribution in [3.63, 3.8) is 0 Å². The fraction of sp³-hybridized carbons (Fsp3) is 0.417. The minimum Gasteiger partial charge on any atom is -0.393 e. The highest BCUT2D eigenvalue weighted by molar-refractivity contribution is 6.04. The maximum atomic E-state index is 12.6. The van der Waals surface area contributed by atoms with Crippen LogP contribution >= 0.6 is 0 Å². The number of hydrogen-bond donors (Lipinski definition) is 2. The second-order valence-corrected chi connectivity index (χ2v) is 7.39. The van der Waals surface area contributed by atoms with E-state index < -0.39 is 24.1 Å². The number of rotatable bonds is 8. The number of benzene rings is 2. The molecule has 2 aromatic rings. The average molecular weight is 398 g/mol. The number of ether oxygens (including phenoxy) is 1. The average Bonchev–Trinajstić information content (AvgIpc) is 2.70. The van der Waals surface area contributed by atoms with Crippen molar-refractivity contribution in [3.05, 3.63) is 69.8 Å². The SMILES string of the molecule is CCC(O)Cc1cccc(C(=O)OC(=O)c2cccc(CC(O)CC)c2C)c1C. The molecule has 2 N–H and O–H groups in total. The van der Waals surface area contributed by atoms with Crippen LogP contribution in [0.4, 0.5) is 0 Å². The van der Waals surface area contributed by atoms with Crippen LogP contribution in [0.1, 0.15) is 69.7 Å². The van der Waals surface area contributed by atoms with Gasteiger partial charge in [0.1, 0.15) is 0 Å². The monoisotopic (exact) mass is 398 g/mol. The van der Waals surface area contributed by atoms with Gasteiger partial charge in [-0.15, -0.1) is 0 Å². The first kappa shape index (κ1) is 22.8. The minimum absolute atomic E-state index is 0.314. The molecule has 0 amide bonds. The summed E-state index contributed by atoms with van der Waals surface area (Å²) < 4.78 is 5.15. The van der Waals surface area contributed by atoms with Gasteiger partial charge in [-0.1, -0.05) is 38.1 Å². The zero-order valence-electron chi connectivity index (χ0n) is 17.6. The lowest BCUT2D eigenvalue weighted by Gasteiger charge is -2.15. The van der Waals surface area contributed by atoms with E-state index in [0.717, 1.165) is 11.1 Å². The van der Waals surface area contributed by atoms with Crippen molar-refractivity contribution in [3.8, 4) is 0 Å². The molecule has 2 rings (SSSR count). The molecule has 0 aliphatic carbocycles. The van der Waals surface area contributed by atoms with Gasteiger partial charge in [0.25, 0.3) is 0 Å². The molecule has 2 unspecified atom stereocenters.